The van der Waals surface area contributed by atoms with Crippen molar-refractivity contribution in [2.24, 2.45) is 0 Å². The van der Waals surface area contributed by atoms with Crippen LogP contribution in [0.15, 0.2) is 41.6 Å². The Morgan fingerprint density at radius 2 is 2.00 bits per heavy atom. The molecule has 0 spiro atoms. The van der Waals surface area contributed by atoms with Crippen LogP contribution in [0.4, 0.5) is 5.69 Å². The summed E-state index contributed by atoms with van der Waals surface area (Å²) in [5.41, 5.74) is 7.58. The molecule has 0 amide bonds. The number of aryl methyl sites for hydroxylation is 1. The fraction of sp³-hybridized carbons (Fsp3) is 0.267. The van der Waals surface area contributed by atoms with Crippen molar-refractivity contribution in [3.63, 3.8) is 0 Å². The third-order valence-corrected chi connectivity index (χ3v) is 4.66. The number of hydrogen-bond donors (Lipinski definition) is 1. The molecule has 2 aromatic rings. The van der Waals surface area contributed by atoms with Crippen LogP contribution in [0.3, 0.4) is 0 Å². The molecule has 0 aliphatic heterocycles. The van der Waals surface area contributed by atoms with Crippen LogP contribution in [0.1, 0.15) is 18.1 Å². The first kappa shape index (κ1) is 15.3. The number of aromatic nitrogens is 1. The number of anilines is 1. The zero-order valence-electron chi connectivity index (χ0n) is 12.0. The summed E-state index contributed by atoms with van der Waals surface area (Å²) < 4.78 is 30.4. The summed E-state index contributed by atoms with van der Waals surface area (Å²) in [5.74, 6) is 0.356. The molecule has 112 valence electrons. The van der Waals surface area contributed by atoms with Crippen molar-refractivity contribution in [3.8, 4) is 5.75 Å². The predicted octanol–water partition coefficient (Wildman–Crippen LogP) is 2.34. The van der Waals surface area contributed by atoms with Crippen molar-refractivity contribution < 1.29 is 13.2 Å². The first-order valence-corrected chi connectivity index (χ1v) is 8.23. The van der Waals surface area contributed by atoms with Gasteiger partial charge in [-0.05, 0) is 37.1 Å². The van der Waals surface area contributed by atoms with Gasteiger partial charge in [-0.2, -0.15) is 0 Å². The molecule has 0 unspecified atom stereocenters. The topological polar surface area (TPSA) is 82.3 Å². The Kier molecular flexibility index (Phi) is 4.47. The van der Waals surface area contributed by atoms with Crippen molar-refractivity contribution in [1.82, 2.24) is 4.98 Å². The Balaban J connectivity index is 2.37. The van der Waals surface area contributed by atoms with Crippen LogP contribution in [0.5, 0.6) is 5.75 Å². The number of nitrogen functional groups attached to an aromatic ring is 1. The summed E-state index contributed by atoms with van der Waals surface area (Å²) in [7, 11) is -3.55. The van der Waals surface area contributed by atoms with E-state index in [1.807, 2.05) is 13.8 Å². The molecule has 0 radical (unpaired) electrons. The SMILES string of the molecule is CCOc1ccc(N)c(S(=O)(=O)Cc2cncc(C)c2)c1. The van der Waals surface area contributed by atoms with Crippen LogP contribution in [-0.4, -0.2) is 20.0 Å². The molecular formula is C15H18N2O3S. The lowest BCUT2D eigenvalue weighted by molar-refractivity contribution is 0.339. The molecule has 0 atom stereocenters. The first-order valence-electron chi connectivity index (χ1n) is 6.58. The van der Waals surface area contributed by atoms with Gasteiger partial charge in [-0.3, -0.25) is 4.98 Å². The minimum absolute atomic E-state index is 0.0926. The van der Waals surface area contributed by atoms with Gasteiger partial charge >= 0.3 is 0 Å². The molecule has 0 saturated carbocycles. The summed E-state index contributed by atoms with van der Waals surface area (Å²) in [6.45, 7) is 4.17. The molecule has 1 aromatic heterocycles. The lowest BCUT2D eigenvalue weighted by Gasteiger charge is -2.10. The quantitative estimate of drug-likeness (QED) is 0.857. The fourth-order valence-electron chi connectivity index (χ4n) is 2.03. The minimum atomic E-state index is -3.55. The highest BCUT2D eigenvalue weighted by Crippen LogP contribution is 2.27. The van der Waals surface area contributed by atoms with Crippen molar-refractivity contribution >= 4 is 15.5 Å². The number of ether oxygens (including phenoxy) is 1. The molecule has 0 fully saturated rings. The lowest BCUT2D eigenvalue weighted by Crippen LogP contribution is -2.09. The largest absolute Gasteiger partial charge is 0.494 e. The number of sulfone groups is 1. The molecule has 2 rings (SSSR count). The zero-order chi connectivity index (χ0) is 15.5. The Bertz CT molecular complexity index is 742. The van der Waals surface area contributed by atoms with Gasteiger partial charge in [-0.25, -0.2) is 8.42 Å². The van der Waals surface area contributed by atoms with Gasteiger partial charge in [0, 0.05) is 18.5 Å². The van der Waals surface area contributed by atoms with E-state index in [0.29, 0.717) is 17.9 Å². The molecule has 21 heavy (non-hydrogen) atoms. The highest BCUT2D eigenvalue weighted by molar-refractivity contribution is 7.90. The van der Waals surface area contributed by atoms with E-state index in [0.717, 1.165) is 5.56 Å². The van der Waals surface area contributed by atoms with Crippen molar-refractivity contribution in [2.45, 2.75) is 24.5 Å². The van der Waals surface area contributed by atoms with Crippen LogP contribution in [0.25, 0.3) is 0 Å². The van der Waals surface area contributed by atoms with Gasteiger partial charge in [-0.15, -0.1) is 0 Å². The van der Waals surface area contributed by atoms with Crippen LogP contribution >= 0.6 is 0 Å². The third kappa shape index (κ3) is 3.72. The number of benzene rings is 1. The van der Waals surface area contributed by atoms with Crippen LogP contribution in [0.2, 0.25) is 0 Å². The molecule has 6 heteroatoms. The van der Waals surface area contributed by atoms with E-state index in [1.54, 1.807) is 30.6 Å². The number of nitrogens with zero attached hydrogens (tertiary/aromatic N) is 1. The summed E-state index contributed by atoms with van der Waals surface area (Å²) in [5, 5.41) is 0. The number of hydrogen-bond acceptors (Lipinski definition) is 5. The van der Waals surface area contributed by atoms with Crippen molar-refractivity contribution in [2.75, 3.05) is 12.3 Å². The van der Waals surface area contributed by atoms with E-state index < -0.39 is 9.84 Å². The second kappa shape index (κ2) is 6.13. The van der Waals surface area contributed by atoms with E-state index in [-0.39, 0.29) is 16.3 Å². The van der Waals surface area contributed by atoms with Gasteiger partial charge in [0.2, 0.25) is 0 Å². The maximum atomic E-state index is 12.5. The van der Waals surface area contributed by atoms with E-state index in [4.69, 9.17) is 10.5 Å². The molecule has 0 aliphatic carbocycles. The minimum Gasteiger partial charge on any atom is -0.494 e. The predicted molar refractivity (Wildman–Crippen MR) is 81.9 cm³/mol. The second-order valence-corrected chi connectivity index (χ2v) is 6.72. The summed E-state index contributed by atoms with van der Waals surface area (Å²) >= 11 is 0. The molecule has 1 heterocycles. The van der Waals surface area contributed by atoms with Gasteiger partial charge in [0.05, 0.1) is 22.9 Å². The van der Waals surface area contributed by atoms with E-state index in [2.05, 4.69) is 4.98 Å². The number of pyridine rings is 1. The number of nitrogens with two attached hydrogens (primary N) is 1. The van der Waals surface area contributed by atoms with Gasteiger partial charge in [0.15, 0.2) is 9.84 Å². The molecule has 1 aromatic carbocycles. The maximum absolute atomic E-state index is 12.5. The van der Waals surface area contributed by atoms with Gasteiger partial charge in [0.25, 0.3) is 0 Å². The van der Waals surface area contributed by atoms with Gasteiger partial charge < -0.3 is 10.5 Å². The molecule has 0 bridgehead atoms. The monoisotopic (exact) mass is 306 g/mol. The Morgan fingerprint density at radius 3 is 2.67 bits per heavy atom. The summed E-state index contributed by atoms with van der Waals surface area (Å²) in [6, 6.07) is 6.48. The molecule has 2 N–H and O–H groups in total. The van der Waals surface area contributed by atoms with Crippen LogP contribution in [-0.2, 0) is 15.6 Å². The molecule has 5 nitrogen and oxygen atoms in total. The zero-order valence-corrected chi connectivity index (χ0v) is 12.9. The number of rotatable bonds is 5. The van der Waals surface area contributed by atoms with E-state index in [9.17, 15) is 8.42 Å². The average molecular weight is 306 g/mol. The second-order valence-electron chi connectivity index (χ2n) is 4.76. The van der Waals surface area contributed by atoms with Crippen molar-refractivity contribution in [3.05, 3.63) is 47.8 Å². The smallest absolute Gasteiger partial charge is 0.184 e. The van der Waals surface area contributed by atoms with Crippen LogP contribution < -0.4 is 10.5 Å². The Labute approximate surface area is 124 Å². The first-order chi connectivity index (χ1) is 9.92. The summed E-state index contributed by atoms with van der Waals surface area (Å²) in [6.07, 6.45) is 3.23. The van der Waals surface area contributed by atoms with Gasteiger partial charge in [-0.1, -0.05) is 6.07 Å². The lowest BCUT2D eigenvalue weighted by atomic mass is 10.2. The van der Waals surface area contributed by atoms with E-state index in [1.165, 1.54) is 6.07 Å². The molecule has 0 saturated heterocycles. The molecular weight excluding hydrogens is 288 g/mol. The van der Waals surface area contributed by atoms with E-state index >= 15 is 0 Å². The normalized spacial score (nSPS) is 11.3. The van der Waals surface area contributed by atoms with Gasteiger partial charge in [0.1, 0.15) is 5.75 Å². The highest BCUT2D eigenvalue weighted by Gasteiger charge is 2.19. The highest BCUT2D eigenvalue weighted by atomic mass is 32.2. The fourth-order valence-corrected chi connectivity index (χ4v) is 3.51. The standard InChI is InChI=1S/C15H18N2O3S/c1-3-20-13-4-5-14(16)15(7-13)21(18,19)10-12-6-11(2)8-17-9-12/h4-9H,3,10,16H2,1-2H3. The maximum Gasteiger partial charge on any atom is 0.184 e. The Hall–Kier alpha value is -2.08. The molecule has 0 aliphatic rings. The van der Waals surface area contributed by atoms with Crippen LogP contribution in [0, 0.1) is 6.92 Å². The average Bonchev–Trinajstić information content (AvgIpc) is 2.40. The summed E-state index contributed by atoms with van der Waals surface area (Å²) in [4.78, 5) is 4.10. The third-order valence-electron chi connectivity index (χ3n) is 2.92. The Morgan fingerprint density at radius 1 is 1.24 bits per heavy atom. The van der Waals surface area contributed by atoms with Crippen molar-refractivity contribution in [1.29, 1.82) is 0 Å².